The smallest absolute Gasteiger partial charge is 0.247 e. The maximum atomic E-state index is 13.9. The maximum Gasteiger partial charge on any atom is 0.247 e. The fourth-order valence-corrected chi connectivity index (χ4v) is 6.73. The molecule has 3 aromatic carbocycles. The van der Waals surface area contributed by atoms with Gasteiger partial charge in [0.05, 0.1) is 11.0 Å². The molecule has 2 amide bonds. The molecule has 3 aromatic rings. The number of nitrogens with one attached hydrogen (secondary N) is 1. The van der Waals surface area contributed by atoms with Crippen molar-refractivity contribution in [3.8, 4) is 0 Å². The Morgan fingerprint density at radius 2 is 1.51 bits per heavy atom. The standard InChI is InChI=1S/C34H43N3O5S/c1-27(2)42-25-11-22-35-34(39)33(30-14-7-4-8-15-30)37(26-29-12-5-3-6-13-29)32(38)21-18-28-16-19-31(20-17-28)43(40,41)36-23-9-10-24-36/h3-8,12-17,19-20,27,33H,9-11,18,21-26H2,1-2H3,(H,35,39)/t33-/m0/s1. The molecule has 0 saturated carbocycles. The molecule has 8 nitrogen and oxygen atoms in total. The van der Waals surface area contributed by atoms with Crippen LogP contribution >= 0.6 is 0 Å². The molecule has 1 fully saturated rings. The topological polar surface area (TPSA) is 96.0 Å². The summed E-state index contributed by atoms with van der Waals surface area (Å²) in [4.78, 5) is 29.5. The van der Waals surface area contributed by atoms with E-state index in [1.54, 1.807) is 29.2 Å². The Hall–Kier alpha value is -3.53. The summed E-state index contributed by atoms with van der Waals surface area (Å²) < 4.78 is 33.0. The van der Waals surface area contributed by atoms with Crippen molar-refractivity contribution in [2.45, 2.75) is 69.5 Å². The third kappa shape index (κ3) is 9.23. The number of carbonyl (C=O) groups excluding carboxylic acids is 2. The first-order valence-corrected chi connectivity index (χ1v) is 16.6. The van der Waals surface area contributed by atoms with Crippen LogP contribution in [0.4, 0.5) is 0 Å². The van der Waals surface area contributed by atoms with Crippen LogP contribution in [0.3, 0.4) is 0 Å². The lowest BCUT2D eigenvalue weighted by atomic mass is 10.0. The minimum absolute atomic E-state index is 0.123. The van der Waals surface area contributed by atoms with Crippen LogP contribution in [0.15, 0.2) is 89.8 Å². The van der Waals surface area contributed by atoms with Crippen LogP contribution in [-0.2, 0) is 37.3 Å². The van der Waals surface area contributed by atoms with E-state index in [0.29, 0.717) is 39.1 Å². The van der Waals surface area contributed by atoms with E-state index in [9.17, 15) is 18.0 Å². The zero-order chi connectivity index (χ0) is 30.7. The molecular weight excluding hydrogens is 562 g/mol. The number of rotatable bonds is 15. The highest BCUT2D eigenvalue weighted by molar-refractivity contribution is 7.89. The van der Waals surface area contributed by atoms with Gasteiger partial charge in [0, 0.05) is 39.2 Å². The van der Waals surface area contributed by atoms with E-state index < -0.39 is 16.1 Å². The van der Waals surface area contributed by atoms with Gasteiger partial charge in [0.1, 0.15) is 6.04 Å². The minimum Gasteiger partial charge on any atom is -0.379 e. The molecule has 0 unspecified atom stereocenters. The average Bonchev–Trinajstić information content (AvgIpc) is 3.57. The van der Waals surface area contributed by atoms with Crippen LogP contribution in [0.2, 0.25) is 0 Å². The molecule has 230 valence electrons. The van der Waals surface area contributed by atoms with Crippen LogP contribution in [0.25, 0.3) is 0 Å². The third-order valence-corrected chi connectivity index (χ3v) is 9.43. The summed E-state index contributed by atoms with van der Waals surface area (Å²) in [6, 6.07) is 25.0. The Bertz CT molecular complexity index is 1410. The molecule has 1 aliphatic heterocycles. The monoisotopic (exact) mass is 605 g/mol. The predicted molar refractivity (Wildman–Crippen MR) is 168 cm³/mol. The van der Waals surface area contributed by atoms with Gasteiger partial charge in [-0.3, -0.25) is 9.59 Å². The van der Waals surface area contributed by atoms with Gasteiger partial charge in [0.15, 0.2) is 0 Å². The van der Waals surface area contributed by atoms with Crippen molar-refractivity contribution < 1.29 is 22.7 Å². The predicted octanol–water partition coefficient (Wildman–Crippen LogP) is 5.11. The van der Waals surface area contributed by atoms with Gasteiger partial charge in [-0.25, -0.2) is 8.42 Å². The largest absolute Gasteiger partial charge is 0.379 e. The van der Waals surface area contributed by atoms with Gasteiger partial charge in [-0.2, -0.15) is 4.31 Å². The first-order valence-electron chi connectivity index (χ1n) is 15.1. The van der Waals surface area contributed by atoms with Crippen molar-refractivity contribution in [2.24, 2.45) is 0 Å². The molecular formula is C34H43N3O5S. The fraction of sp³-hybridized carbons (Fsp3) is 0.412. The lowest BCUT2D eigenvalue weighted by Crippen LogP contribution is -2.44. The molecule has 0 aromatic heterocycles. The Balaban J connectivity index is 1.51. The molecule has 0 bridgehead atoms. The van der Waals surface area contributed by atoms with E-state index in [1.165, 1.54) is 4.31 Å². The molecule has 0 spiro atoms. The molecule has 1 atom stereocenters. The van der Waals surface area contributed by atoms with E-state index in [2.05, 4.69) is 5.32 Å². The second kappa shape index (κ2) is 15.8. The average molecular weight is 606 g/mol. The van der Waals surface area contributed by atoms with Gasteiger partial charge in [-0.1, -0.05) is 72.8 Å². The van der Waals surface area contributed by atoms with Crippen LogP contribution in [0, 0.1) is 0 Å². The quantitative estimate of drug-likeness (QED) is 0.243. The Morgan fingerprint density at radius 1 is 0.884 bits per heavy atom. The molecule has 0 radical (unpaired) electrons. The number of ether oxygens (including phenoxy) is 1. The summed E-state index contributed by atoms with van der Waals surface area (Å²) >= 11 is 0. The zero-order valence-corrected chi connectivity index (χ0v) is 26.0. The molecule has 1 aliphatic rings. The molecule has 1 saturated heterocycles. The molecule has 1 N–H and O–H groups in total. The normalized spacial score (nSPS) is 14.5. The highest BCUT2D eigenvalue weighted by atomic mass is 32.2. The first kappa shape index (κ1) is 32.4. The molecule has 1 heterocycles. The molecule has 43 heavy (non-hydrogen) atoms. The fourth-order valence-electron chi connectivity index (χ4n) is 5.21. The SMILES string of the molecule is CC(C)OCCCNC(=O)[C@H](c1ccccc1)N(Cc1ccccc1)C(=O)CCc1ccc(S(=O)(=O)N2CCCC2)cc1. The summed E-state index contributed by atoms with van der Waals surface area (Å²) in [5, 5.41) is 3.02. The molecule has 9 heteroatoms. The Labute approximate surface area is 256 Å². The van der Waals surface area contributed by atoms with Gasteiger partial charge in [-0.05, 0) is 68.4 Å². The van der Waals surface area contributed by atoms with Crippen LogP contribution in [0.1, 0.15) is 62.3 Å². The second-order valence-corrected chi connectivity index (χ2v) is 13.1. The summed E-state index contributed by atoms with van der Waals surface area (Å²) in [7, 11) is -3.50. The number of carbonyl (C=O) groups is 2. The lowest BCUT2D eigenvalue weighted by molar-refractivity contribution is -0.141. The third-order valence-electron chi connectivity index (χ3n) is 7.52. The lowest BCUT2D eigenvalue weighted by Gasteiger charge is -2.32. The van der Waals surface area contributed by atoms with E-state index in [1.807, 2.05) is 74.5 Å². The van der Waals surface area contributed by atoms with Gasteiger partial charge < -0.3 is 15.0 Å². The summed E-state index contributed by atoms with van der Waals surface area (Å²) in [6.45, 7) is 6.31. The van der Waals surface area contributed by atoms with Gasteiger partial charge in [0.2, 0.25) is 21.8 Å². The minimum atomic E-state index is -3.50. The van der Waals surface area contributed by atoms with Gasteiger partial charge in [-0.15, -0.1) is 0 Å². The van der Waals surface area contributed by atoms with Crippen molar-refractivity contribution >= 4 is 21.8 Å². The van der Waals surface area contributed by atoms with Crippen molar-refractivity contribution in [2.75, 3.05) is 26.2 Å². The Morgan fingerprint density at radius 3 is 2.14 bits per heavy atom. The molecule has 0 aliphatic carbocycles. The van der Waals surface area contributed by atoms with E-state index in [4.69, 9.17) is 4.74 Å². The Kier molecular flexibility index (Phi) is 11.9. The van der Waals surface area contributed by atoms with Crippen molar-refractivity contribution in [1.82, 2.24) is 14.5 Å². The zero-order valence-electron chi connectivity index (χ0n) is 25.2. The van der Waals surface area contributed by atoms with E-state index in [-0.39, 0.29) is 35.8 Å². The highest BCUT2D eigenvalue weighted by Gasteiger charge is 2.31. The maximum absolute atomic E-state index is 13.9. The van der Waals surface area contributed by atoms with Gasteiger partial charge in [0.25, 0.3) is 0 Å². The second-order valence-electron chi connectivity index (χ2n) is 11.1. The number of hydrogen-bond donors (Lipinski definition) is 1. The van der Waals surface area contributed by atoms with Gasteiger partial charge >= 0.3 is 0 Å². The number of sulfonamides is 1. The number of amides is 2. The summed E-state index contributed by atoms with van der Waals surface area (Å²) in [5.41, 5.74) is 2.52. The van der Waals surface area contributed by atoms with Crippen LogP contribution in [-0.4, -0.2) is 61.8 Å². The van der Waals surface area contributed by atoms with Crippen LogP contribution < -0.4 is 5.32 Å². The number of hydrogen-bond acceptors (Lipinski definition) is 5. The summed E-state index contributed by atoms with van der Waals surface area (Å²) in [5.74, 6) is -0.402. The number of aryl methyl sites for hydroxylation is 1. The first-order chi connectivity index (χ1) is 20.8. The van der Waals surface area contributed by atoms with Crippen molar-refractivity contribution in [1.29, 1.82) is 0 Å². The highest BCUT2D eigenvalue weighted by Crippen LogP contribution is 2.26. The van der Waals surface area contributed by atoms with E-state index >= 15 is 0 Å². The number of nitrogens with zero attached hydrogens (tertiary/aromatic N) is 2. The van der Waals surface area contributed by atoms with Crippen molar-refractivity contribution in [3.05, 3.63) is 102 Å². The summed E-state index contributed by atoms with van der Waals surface area (Å²) in [6.07, 6.45) is 3.15. The number of benzene rings is 3. The van der Waals surface area contributed by atoms with Crippen LogP contribution in [0.5, 0.6) is 0 Å². The van der Waals surface area contributed by atoms with Crippen molar-refractivity contribution in [3.63, 3.8) is 0 Å². The van der Waals surface area contributed by atoms with E-state index in [0.717, 1.165) is 29.5 Å². The molecule has 4 rings (SSSR count).